The number of nitrogens with one attached hydrogen (secondary N) is 1. The molecule has 2 heterocycles. The first-order chi connectivity index (χ1) is 8.24. The summed E-state index contributed by atoms with van der Waals surface area (Å²) < 4.78 is 5.07. The van der Waals surface area contributed by atoms with Crippen molar-refractivity contribution < 1.29 is 4.74 Å². The van der Waals surface area contributed by atoms with Gasteiger partial charge in [0, 0.05) is 13.2 Å². The van der Waals surface area contributed by atoms with E-state index in [1.165, 1.54) is 0 Å². The van der Waals surface area contributed by atoms with Crippen molar-refractivity contribution in [2.75, 3.05) is 19.5 Å². The normalized spacial score (nSPS) is 10.1. The van der Waals surface area contributed by atoms with E-state index in [1.807, 2.05) is 19.1 Å². The maximum Gasteiger partial charge on any atom is 0.223 e. The van der Waals surface area contributed by atoms with Crippen LogP contribution in [0.4, 0.5) is 5.95 Å². The second kappa shape index (κ2) is 4.78. The van der Waals surface area contributed by atoms with Crippen LogP contribution in [-0.2, 0) is 0 Å². The molecule has 2 rings (SSSR count). The Morgan fingerprint density at radius 3 is 2.59 bits per heavy atom. The maximum absolute atomic E-state index is 5.07. The van der Waals surface area contributed by atoms with Crippen molar-refractivity contribution in [1.29, 1.82) is 0 Å². The zero-order valence-corrected chi connectivity index (χ0v) is 10.1. The molecular formula is C12H14N4O. The fourth-order valence-corrected chi connectivity index (χ4v) is 1.46. The monoisotopic (exact) mass is 230 g/mol. The number of hydrogen-bond acceptors (Lipinski definition) is 5. The fourth-order valence-electron chi connectivity index (χ4n) is 1.46. The molecule has 5 nitrogen and oxygen atoms in total. The molecule has 0 aliphatic carbocycles. The highest BCUT2D eigenvalue weighted by atomic mass is 16.5. The second-order valence-electron chi connectivity index (χ2n) is 3.56. The van der Waals surface area contributed by atoms with Crippen molar-refractivity contribution in [3.05, 3.63) is 30.1 Å². The van der Waals surface area contributed by atoms with Gasteiger partial charge in [-0.3, -0.25) is 4.98 Å². The van der Waals surface area contributed by atoms with Gasteiger partial charge in [-0.2, -0.15) is 0 Å². The Morgan fingerprint density at radius 2 is 2.00 bits per heavy atom. The molecule has 0 amide bonds. The minimum absolute atomic E-state index is 0.586. The molecule has 0 spiro atoms. The minimum atomic E-state index is 0.586. The fraction of sp³-hybridized carbons (Fsp3) is 0.250. The topological polar surface area (TPSA) is 59.9 Å². The average molecular weight is 230 g/mol. The Kier molecular flexibility index (Phi) is 3.18. The van der Waals surface area contributed by atoms with Crippen LogP contribution in [-0.4, -0.2) is 29.1 Å². The van der Waals surface area contributed by atoms with Crippen LogP contribution in [0, 0.1) is 6.92 Å². The molecule has 0 aliphatic rings. The van der Waals surface area contributed by atoms with Crippen LogP contribution in [0.3, 0.4) is 0 Å². The number of pyridine rings is 1. The molecule has 2 aromatic heterocycles. The summed E-state index contributed by atoms with van der Waals surface area (Å²) in [6.07, 6.45) is 3.45. The van der Waals surface area contributed by atoms with E-state index in [4.69, 9.17) is 4.74 Å². The van der Waals surface area contributed by atoms with E-state index in [1.54, 1.807) is 26.6 Å². The van der Waals surface area contributed by atoms with E-state index in [0.717, 1.165) is 22.7 Å². The molecule has 0 fully saturated rings. The Bertz CT molecular complexity index is 510. The van der Waals surface area contributed by atoms with Crippen molar-refractivity contribution in [1.82, 2.24) is 15.0 Å². The lowest BCUT2D eigenvalue weighted by Gasteiger charge is -2.06. The molecule has 0 aliphatic heterocycles. The van der Waals surface area contributed by atoms with Crippen LogP contribution in [0.15, 0.2) is 24.5 Å². The molecule has 5 heteroatoms. The molecule has 0 saturated carbocycles. The Labute approximate surface area is 99.9 Å². The summed E-state index contributed by atoms with van der Waals surface area (Å²) in [4.78, 5) is 12.8. The summed E-state index contributed by atoms with van der Waals surface area (Å²) in [6.45, 7) is 1.96. The summed E-state index contributed by atoms with van der Waals surface area (Å²) >= 11 is 0. The smallest absolute Gasteiger partial charge is 0.223 e. The molecular weight excluding hydrogens is 216 g/mol. The minimum Gasteiger partial charge on any atom is -0.495 e. The SMILES string of the molecule is CNc1ncc(C)c(-c2ccc(OC)cn2)n1. The van der Waals surface area contributed by atoms with Crippen molar-refractivity contribution >= 4 is 5.95 Å². The molecule has 0 atom stereocenters. The molecule has 0 bridgehead atoms. The van der Waals surface area contributed by atoms with Gasteiger partial charge in [-0.15, -0.1) is 0 Å². The predicted octanol–water partition coefficient (Wildman–Crippen LogP) is 1.90. The van der Waals surface area contributed by atoms with Gasteiger partial charge in [-0.25, -0.2) is 9.97 Å². The van der Waals surface area contributed by atoms with E-state index in [0.29, 0.717) is 5.95 Å². The number of hydrogen-bond donors (Lipinski definition) is 1. The summed E-state index contributed by atoms with van der Waals surface area (Å²) in [6, 6.07) is 3.75. The molecule has 1 N–H and O–H groups in total. The highest BCUT2D eigenvalue weighted by molar-refractivity contribution is 5.59. The number of aromatic nitrogens is 3. The second-order valence-corrected chi connectivity index (χ2v) is 3.56. The quantitative estimate of drug-likeness (QED) is 0.872. The van der Waals surface area contributed by atoms with E-state index in [2.05, 4.69) is 20.3 Å². The lowest BCUT2D eigenvalue weighted by Crippen LogP contribution is -2.00. The number of anilines is 1. The Hall–Kier alpha value is -2.17. The van der Waals surface area contributed by atoms with Crippen molar-refractivity contribution in [2.45, 2.75) is 6.92 Å². The van der Waals surface area contributed by atoms with Gasteiger partial charge in [0.25, 0.3) is 0 Å². The molecule has 17 heavy (non-hydrogen) atoms. The molecule has 0 radical (unpaired) electrons. The molecule has 88 valence electrons. The molecule has 2 aromatic rings. The van der Waals surface area contributed by atoms with Gasteiger partial charge in [0.2, 0.25) is 5.95 Å². The summed E-state index contributed by atoms with van der Waals surface area (Å²) in [5.41, 5.74) is 2.62. The standard InChI is InChI=1S/C12H14N4O/c1-8-6-15-12(13-2)16-11(8)10-5-4-9(17-3)7-14-10/h4-7H,1-3H3,(H,13,15,16). The van der Waals surface area contributed by atoms with Gasteiger partial charge in [-0.1, -0.05) is 0 Å². The number of methoxy groups -OCH3 is 1. The van der Waals surface area contributed by atoms with Crippen LogP contribution < -0.4 is 10.1 Å². The lowest BCUT2D eigenvalue weighted by molar-refractivity contribution is 0.413. The maximum atomic E-state index is 5.07. The largest absolute Gasteiger partial charge is 0.495 e. The Balaban J connectivity index is 2.43. The van der Waals surface area contributed by atoms with Crippen molar-refractivity contribution in [3.8, 4) is 17.1 Å². The molecule has 0 saturated heterocycles. The van der Waals surface area contributed by atoms with E-state index < -0.39 is 0 Å². The van der Waals surface area contributed by atoms with Gasteiger partial charge >= 0.3 is 0 Å². The zero-order valence-electron chi connectivity index (χ0n) is 10.1. The Morgan fingerprint density at radius 1 is 1.18 bits per heavy atom. The number of aryl methyl sites for hydroxylation is 1. The van der Waals surface area contributed by atoms with Gasteiger partial charge < -0.3 is 10.1 Å². The van der Waals surface area contributed by atoms with Crippen LogP contribution in [0.2, 0.25) is 0 Å². The van der Waals surface area contributed by atoms with Gasteiger partial charge in [-0.05, 0) is 24.6 Å². The molecule has 0 unspecified atom stereocenters. The number of rotatable bonds is 3. The third-order valence-electron chi connectivity index (χ3n) is 2.41. The van der Waals surface area contributed by atoms with Crippen LogP contribution in [0.5, 0.6) is 5.75 Å². The summed E-state index contributed by atoms with van der Waals surface area (Å²) in [5.74, 6) is 1.32. The van der Waals surface area contributed by atoms with E-state index >= 15 is 0 Å². The average Bonchev–Trinajstić information content (AvgIpc) is 2.39. The van der Waals surface area contributed by atoms with E-state index in [-0.39, 0.29) is 0 Å². The van der Waals surface area contributed by atoms with Crippen molar-refractivity contribution in [3.63, 3.8) is 0 Å². The van der Waals surface area contributed by atoms with Crippen LogP contribution in [0.1, 0.15) is 5.56 Å². The summed E-state index contributed by atoms with van der Waals surface area (Å²) in [7, 11) is 3.40. The third kappa shape index (κ3) is 2.33. The summed E-state index contributed by atoms with van der Waals surface area (Å²) in [5, 5.41) is 2.91. The number of ether oxygens (including phenoxy) is 1. The van der Waals surface area contributed by atoms with Gasteiger partial charge in [0.15, 0.2) is 0 Å². The first-order valence-corrected chi connectivity index (χ1v) is 5.26. The van der Waals surface area contributed by atoms with Crippen LogP contribution >= 0.6 is 0 Å². The highest BCUT2D eigenvalue weighted by Crippen LogP contribution is 2.21. The predicted molar refractivity (Wildman–Crippen MR) is 66.1 cm³/mol. The highest BCUT2D eigenvalue weighted by Gasteiger charge is 2.07. The first-order valence-electron chi connectivity index (χ1n) is 5.26. The zero-order chi connectivity index (χ0) is 12.3. The van der Waals surface area contributed by atoms with Crippen molar-refractivity contribution in [2.24, 2.45) is 0 Å². The molecule has 0 aromatic carbocycles. The van der Waals surface area contributed by atoms with E-state index in [9.17, 15) is 0 Å². The first kappa shape index (κ1) is 11.3. The third-order valence-corrected chi connectivity index (χ3v) is 2.41. The lowest BCUT2D eigenvalue weighted by atomic mass is 10.2. The van der Waals surface area contributed by atoms with Gasteiger partial charge in [0.1, 0.15) is 5.75 Å². The van der Waals surface area contributed by atoms with Gasteiger partial charge in [0.05, 0.1) is 24.7 Å². The van der Waals surface area contributed by atoms with Crippen LogP contribution in [0.25, 0.3) is 11.4 Å². The number of nitrogens with zero attached hydrogens (tertiary/aromatic N) is 3.